The third-order valence-electron chi connectivity index (χ3n) is 2.92. The summed E-state index contributed by atoms with van der Waals surface area (Å²) < 4.78 is 10.4. The van der Waals surface area contributed by atoms with Crippen LogP contribution in [0, 0.1) is 5.92 Å². The molecule has 0 aromatic carbocycles. The van der Waals surface area contributed by atoms with Gasteiger partial charge in [-0.2, -0.15) is 0 Å². The minimum Gasteiger partial charge on any atom is -0.383 e. The van der Waals surface area contributed by atoms with Gasteiger partial charge in [-0.3, -0.25) is 4.79 Å². The van der Waals surface area contributed by atoms with Crippen LogP contribution in [-0.4, -0.2) is 56.4 Å². The second-order valence-corrected chi connectivity index (χ2v) is 4.95. The molecule has 1 aliphatic rings. The highest BCUT2D eigenvalue weighted by atomic mass is 35.5. The Kier molecular flexibility index (Phi) is 8.52. The average Bonchev–Trinajstić information content (AvgIpc) is 2.28. The number of amides is 1. The monoisotopic (exact) mass is 280 g/mol. The number of hydrogen-bond acceptors (Lipinski definition) is 4. The number of methoxy groups -OCH3 is 1. The lowest BCUT2D eigenvalue weighted by Gasteiger charge is -2.37. The summed E-state index contributed by atoms with van der Waals surface area (Å²) in [5.41, 5.74) is 5.79. The van der Waals surface area contributed by atoms with Crippen LogP contribution in [0.25, 0.3) is 0 Å². The molecule has 0 aliphatic carbocycles. The SMILES string of the molecule is COCC(N)C(=O)N1CCOCC1CC(C)C.Cl. The van der Waals surface area contributed by atoms with Gasteiger partial charge >= 0.3 is 0 Å². The van der Waals surface area contributed by atoms with E-state index >= 15 is 0 Å². The Bertz CT molecular complexity index is 251. The second kappa shape index (κ2) is 8.69. The highest BCUT2D eigenvalue weighted by molar-refractivity contribution is 5.85. The van der Waals surface area contributed by atoms with Gasteiger partial charge in [0.2, 0.25) is 5.91 Å². The molecule has 108 valence electrons. The number of rotatable bonds is 5. The van der Waals surface area contributed by atoms with E-state index in [2.05, 4.69) is 13.8 Å². The zero-order valence-electron chi connectivity index (χ0n) is 11.4. The maximum absolute atomic E-state index is 12.1. The zero-order valence-corrected chi connectivity index (χ0v) is 12.2. The molecule has 1 heterocycles. The number of halogens is 1. The number of morpholine rings is 1. The second-order valence-electron chi connectivity index (χ2n) is 4.95. The van der Waals surface area contributed by atoms with E-state index in [1.165, 1.54) is 0 Å². The Hall–Kier alpha value is -0.360. The fourth-order valence-corrected chi connectivity index (χ4v) is 2.15. The quantitative estimate of drug-likeness (QED) is 0.803. The van der Waals surface area contributed by atoms with Crippen molar-refractivity contribution >= 4 is 18.3 Å². The summed E-state index contributed by atoms with van der Waals surface area (Å²) in [5, 5.41) is 0. The molecule has 0 bridgehead atoms. The van der Waals surface area contributed by atoms with E-state index in [0.717, 1.165) is 6.42 Å². The van der Waals surface area contributed by atoms with E-state index in [0.29, 0.717) is 25.7 Å². The van der Waals surface area contributed by atoms with Gasteiger partial charge in [-0.05, 0) is 12.3 Å². The molecule has 0 saturated carbocycles. The highest BCUT2D eigenvalue weighted by Crippen LogP contribution is 2.16. The van der Waals surface area contributed by atoms with Crippen LogP contribution in [0.3, 0.4) is 0 Å². The van der Waals surface area contributed by atoms with Crippen LogP contribution in [0.2, 0.25) is 0 Å². The summed E-state index contributed by atoms with van der Waals surface area (Å²) in [6.07, 6.45) is 0.950. The molecule has 1 fully saturated rings. The number of carbonyl (C=O) groups excluding carboxylic acids is 1. The van der Waals surface area contributed by atoms with Crippen molar-refractivity contribution in [3.63, 3.8) is 0 Å². The Morgan fingerprint density at radius 3 is 2.78 bits per heavy atom. The third-order valence-corrected chi connectivity index (χ3v) is 2.92. The van der Waals surface area contributed by atoms with Crippen molar-refractivity contribution in [2.24, 2.45) is 11.7 Å². The molecule has 6 heteroatoms. The number of carbonyl (C=O) groups is 1. The molecule has 0 aromatic rings. The van der Waals surface area contributed by atoms with E-state index in [1.807, 2.05) is 4.90 Å². The van der Waals surface area contributed by atoms with Crippen molar-refractivity contribution in [3.05, 3.63) is 0 Å². The van der Waals surface area contributed by atoms with Crippen LogP contribution in [0.15, 0.2) is 0 Å². The number of nitrogens with zero attached hydrogens (tertiary/aromatic N) is 1. The summed E-state index contributed by atoms with van der Waals surface area (Å²) >= 11 is 0. The van der Waals surface area contributed by atoms with Crippen molar-refractivity contribution in [2.45, 2.75) is 32.4 Å². The fourth-order valence-electron chi connectivity index (χ4n) is 2.15. The van der Waals surface area contributed by atoms with Gasteiger partial charge in [0, 0.05) is 13.7 Å². The molecule has 1 rings (SSSR count). The molecule has 1 saturated heterocycles. The zero-order chi connectivity index (χ0) is 12.8. The maximum atomic E-state index is 12.1. The molecule has 2 unspecified atom stereocenters. The number of nitrogens with two attached hydrogens (primary N) is 1. The van der Waals surface area contributed by atoms with Crippen LogP contribution in [0.4, 0.5) is 0 Å². The molecule has 0 radical (unpaired) electrons. The number of ether oxygens (including phenoxy) is 2. The van der Waals surface area contributed by atoms with Gasteiger partial charge in [0.1, 0.15) is 6.04 Å². The average molecular weight is 281 g/mol. The van der Waals surface area contributed by atoms with E-state index in [9.17, 15) is 4.79 Å². The minimum atomic E-state index is -0.562. The molecule has 2 N–H and O–H groups in total. The Morgan fingerprint density at radius 2 is 2.22 bits per heavy atom. The van der Waals surface area contributed by atoms with Crippen molar-refractivity contribution in [2.75, 3.05) is 33.5 Å². The van der Waals surface area contributed by atoms with Gasteiger partial charge in [0.05, 0.1) is 25.9 Å². The molecule has 0 spiro atoms. The van der Waals surface area contributed by atoms with Crippen LogP contribution in [0.5, 0.6) is 0 Å². The molecule has 2 atom stereocenters. The molecule has 1 amide bonds. The Labute approximate surface area is 115 Å². The summed E-state index contributed by atoms with van der Waals surface area (Å²) in [7, 11) is 1.55. The van der Waals surface area contributed by atoms with Gasteiger partial charge < -0.3 is 20.1 Å². The first-order valence-corrected chi connectivity index (χ1v) is 6.19. The Morgan fingerprint density at radius 1 is 1.56 bits per heavy atom. The van der Waals surface area contributed by atoms with Gasteiger partial charge in [0.25, 0.3) is 0 Å². The largest absolute Gasteiger partial charge is 0.383 e. The standard InChI is InChI=1S/C12H24N2O3.ClH/c1-9(2)6-10-7-17-5-4-14(10)12(15)11(13)8-16-3;/h9-11H,4-8,13H2,1-3H3;1H. The van der Waals surface area contributed by atoms with Crippen molar-refractivity contribution < 1.29 is 14.3 Å². The van der Waals surface area contributed by atoms with Crippen LogP contribution in [0.1, 0.15) is 20.3 Å². The molecule has 18 heavy (non-hydrogen) atoms. The van der Waals surface area contributed by atoms with Gasteiger partial charge in [-0.15, -0.1) is 12.4 Å². The summed E-state index contributed by atoms with van der Waals surface area (Å²) in [4.78, 5) is 14.0. The molecule has 0 aromatic heterocycles. The van der Waals surface area contributed by atoms with Gasteiger partial charge in [0.15, 0.2) is 0 Å². The van der Waals surface area contributed by atoms with Crippen molar-refractivity contribution in [3.8, 4) is 0 Å². The van der Waals surface area contributed by atoms with Crippen LogP contribution < -0.4 is 5.73 Å². The summed E-state index contributed by atoms with van der Waals surface area (Å²) in [6.45, 7) is 6.40. The summed E-state index contributed by atoms with van der Waals surface area (Å²) in [6, 6.07) is -0.410. The third kappa shape index (κ3) is 5.10. The normalized spacial score (nSPS) is 21.6. The smallest absolute Gasteiger partial charge is 0.242 e. The lowest BCUT2D eigenvalue weighted by atomic mass is 10.0. The van der Waals surface area contributed by atoms with Crippen LogP contribution >= 0.6 is 12.4 Å². The van der Waals surface area contributed by atoms with Crippen molar-refractivity contribution in [1.29, 1.82) is 0 Å². The van der Waals surface area contributed by atoms with E-state index in [-0.39, 0.29) is 31.0 Å². The predicted molar refractivity (Wildman–Crippen MR) is 72.9 cm³/mol. The highest BCUT2D eigenvalue weighted by Gasteiger charge is 2.30. The van der Waals surface area contributed by atoms with Gasteiger partial charge in [-0.25, -0.2) is 0 Å². The van der Waals surface area contributed by atoms with Crippen LogP contribution in [-0.2, 0) is 14.3 Å². The molecular formula is C12H25ClN2O3. The molecule has 1 aliphatic heterocycles. The topological polar surface area (TPSA) is 64.8 Å². The fraction of sp³-hybridized carbons (Fsp3) is 0.917. The first-order valence-electron chi connectivity index (χ1n) is 6.19. The minimum absolute atomic E-state index is 0. The lowest BCUT2D eigenvalue weighted by molar-refractivity contribution is -0.143. The number of hydrogen-bond donors (Lipinski definition) is 1. The first-order chi connectivity index (χ1) is 8.06. The molecule has 5 nitrogen and oxygen atoms in total. The summed E-state index contributed by atoms with van der Waals surface area (Å²) in [5.74, 6) is 0.511. The van der Waals surface area contributed by atoms with E-state index in [4.69, 9.17) is 15.2 Å². The van der Waals surface area contributed by atoms with Gasteiger partial charge in [-0.1, -0.05) is 13.8 Å². The van der Waals surface area contributed by atoms with E-state index in [1.54, 1.807) is 7.11 Å². The van der Waals surface area contributed by atoms with E-state index < -0.39 is 6.04 Å². The maximum Gasteiger partial charge on any atom is 0.242 e. The Balaban J connectivity index is 0.00000289. The lowest BCUT2D eigenvalue weighted by Crippen LogP contribution is -2.55. The molecular weight excluding hydrogens is 256 g/mol. The first kappa shape index (κ1) is 17.6. The predicted octanol–water partition coefficient (Wildman–Crippen LogP) is 0.655. The van der Waals surface area contributed by atoms with Crippen molar-refractivity contribution in [1.82, 2.24) is 4.90 Å².